The monoisotopic (exact) mass is 282 g/mol. The van der Waals surface area contributed by atoms with Crippen molar-refractivity contribution in [2.75, 3.05) is 12.4 Å². The predicted molar refractivity (Wildman–Crippen MR) is 72.6 cm³/mol. The first-order valence-electron chi connectivity index (χ1n) is 6.54. The lowest BCUT2D eigenvalue weighted by atomic mass is 9.95. The molecule has 2 aliphatic rings. The minimum absolute atomic E-state index is 0.282. The number of sulfonamides is 1. The molecule has 0 radical (unpaired) electrons. The van der Waals surface area contributed by atoms with Gasteiger partial charge in [0.25, 0.3) is 0 Å². The first-order valence-corrected chi connectivity index (χ1v) is 8.02. The predicted octanol–water partition coefficient (Wildman–Crippen LogP) is 1.33. The minimum atomic E-state index is -3.35. The van der Waals surface area contributed by atoms with Gasteiger partial charge in [-0.05, 0) is 50.6 Å². The molecule has 1 aromatic carbocycles. The van der Waals surface area contributed by atoms with Gasteiger partial charge in [0.2, 0.25) is 10.0 Å². The van der Waals surface area contributed by atoms with Gasteiger partial charge in [-0.25, -0.2) is 13.1 Å². The lowest BCUT2D eigenvalue weighted by Crippen LogP contribution is -2.30. The molecule has 2 N–H and O–H groups in total. The van der Waals surface area contributed by atoms with Gasteiger partial charge >= 0.3 is 0 Å². The third-order valence-electron chi connectivity index (χ3n) is 3.89. The molecule has 0 saturated carbocycles. The summed E-state index contributed by atoms with van der Waals surface area (Å²) in [6.07, 6.45) is 4.05. The molecule has 5 nitrogen and oxygen atoms in total. The number of rotatable bonds is 4. The van der Waals surface area contributed by atoms with Gasteiger partial charge in [0, 0.05) is 5.69 Å². The van der Waals surface area contributed by atoms with E-state index in [1.165, 1.54) is 13.5 Å². The van der Waals surface area contributed by atoms with E-state index >= 15 is 0 Å². The molecule has 19 heavy (non-hydrogen) atoms. The highest BCUT2D eigenvalue weighted by Crippen LogP contribution is 2.35. The van der Waals surface area contributed by atoms with E-state index < -0.39 is 10.0 Å². The second-order valence-corrected chi connectivity index (χ2v) is 6.98. The van der Waals surface area contributed by atoms with E-state index in [2.05, 4.69) is 10.0 Å². The second-order valence-electron chi connectivity index (χ2n) is 5.09. The molecule has 3 rings (SSSR count). The summed E-state index contributed by atoms with van der Waals surface area (Å²) in [5.41, 5.74) is 0.941. The number of hydrogen-bond donors (Lipinski definition) is 2. The van der Waals surface area contributed by atoms with Gasteiger partial charge in [-0.15, -0.1) is 0 Å². The number of hydrogen-bond acceptors (Lipinski definition) is 4. The van der Waals surface area contributed by atoms with Crippen molar-refractivity contribution in [3.8, 4) is 0 Å². The summed E-state index contributed by atoms with van der Waals surface area (Å²) < 4.78 is 31.3. The van der Waals surface area contributed by atoms with Gasteiger partial charge in [-0.3, -0.25) is 0 Å². The molecule has 104 valence electrons. The smallest absolute Gasteiger partial charge is 0.240 e. The Morgan fingerprint density at radius 2 is 1.95 bits per heavy atom. The molecule has 2 bridgehead atoms. The highest BCUT2D eigenvalue weighted by Gasteiger charge is 2.40. The molecule has 0 aliphatic carbocycles. The molecule has 2 aliphatic heterocycles. The zero-order chi connectivity index (χ0) is 13.5. The van der Waals surface area contributed by atoms with Crippen LogP contribution in [0.3, 0.4) is 0 Å². The number of benzene rings is 1. The molecule has 0 aromatic heterocycles. The van der Waals surface area contributed by atoms with Gasteiger partial charge in [-0.2, -0.15) is 0 Å². The first-order chi connectivity index (χ1) is 9.08. The normalized spacial score (nSPS) is 29.6. The van der Waals surface area contributed by atoms with Crippen LogP contribution in [0.2, 0.25) is 0 Å². The largest absolute Gasteiger partial charge is 0.380 e. The van der Waals surface area contributed by atoms with E-state index in [0.717, 1.165) is 18.5 Å². The minimum Gasteiger partial charge on any atom is -0.380 e. The fraction of sp³-hybridized carbons (Fsp3) is 0.538. The molecule has 3 unspecified atom stereocenters. The molecule has 2 fully saturated rings. The van der Waals surface area contributed by atoms with Gasteiger partial charge in [-0.1, -0.05) is 0 Å². The fourth-order valence-electron chi connectivity index (χ4n) is 2.85. The maximum atomic E-state index is 11.6. The molecular formula is C13H18N2O3S. The summed E-state index contributed by atoms with van der Waals surface area (Å²) in [6.45, 7) is 0. The van der Waals surface area contributed by atoms with Crippen molar-refractivity contribution in [1.29, 1.82) is 0 Å². The Hall–Kier alpha value is -1.11. The average Bonchev–Trinajstić information content (AvgIpc) is 3.02. The van der Waals surface area contributed by atoms with Crippen LogP contribution in [0.15, 0.2) is 29.2 Å². The lowest BCUT2D eigenvalue weighted by Gasteiger charge is -2.21. The molecule has 3 atom stereocenters. The van der Waals surface area contributed by atoms with Crippen molar-refractivity contribution in [3.05, 3.63) is 24.3 Å². The van der Waals surface area contributed by atoms with Crippen molar-refractivity contribution < 1.29 is 13.2 Å². The second kappa shape index (κ2) is 4.77. The summed E-state index contributed by atoms with van der Waals surface area (Å²) in [7, 11) is -1.94. The third-order valence-corrected chi connectivity index (χ3v) is 5.32. The van der Waals surface area contributed by atoms with Crippen LogP contribution in [0.1, 0.15) is 19.3 Å². The van der Waals surface area contributed by atoms with Crippen molar-refractivity contribution >= 4 is 15.7 Å². The van der Waals surface area contributed by atoms with E-state index in [-0.39, 0.29) is 4.90 Å². The van der Waals surface area contributed by atoms with Crippen LogP contribution >= 0.6 is 0 Å². The summed E-state index contributed by atoms with van der Waals surface area (Å²) in [4.78, 5) is 0.282. The Labute approximate surface area is 113 Å². The Balaban J connectivity index is 1.70. The summed E-state index contributed by atoms with van der Waals surface area (Å²) in [5, 5.41) is 3.43. The van der Waals surface area contributed by atoms with Crippen molar-refractivity contribution in [3.63, 3.8) is 0 Å². The fourth-order valence-corrected chi connectivity index (χ4v) is 3.58. The summed E-state index contributed by atoms with van der Waals surface area (Å²) in [6, 6.07) is 7.18. The van der Waals surface area contributed by atoms with Crippen LogP contribution in [0, 0.1) is 0 Å². The lowest BCUT2D eigenvalue weighted by molar-refractivity contribution is 0.102. The van der Waals surface area contributed by atoms with Crippen molar-refractivity contribution in [2.45, 2.75) is 42.4 Å². The molecular weight excluding hydrogens is 264 g/mol. The van der Waals surface area contributed by atoms with Crippen molar-refractivity contribution in [1.82, 2.24) is 4.72 Å². The van der Waals surface area contributed by atoms with E-state index in [1.54, 1.807) is 24.3 Å². The van der Waals surface area contributed by atoms with E-state index in [0.29, 0.717) is 18.2 Å². The standard InChI is InChI=1S/C13H18N2O3S/c1-14-19(16,17)11-5-2-9(3-6-11)15-12-8-10-4-7-13(12)18-10/h2-3,5-6,10,12-15H,4,7-8H2,1H3. The highest BCUT2D eigenvalue weighted by atomic mass is 32.2. The van der Waals surface area contributed by atoms with Crippen LogP contribution in [0.25, 0.3) is 0 Å². The molecule has 6 heteroatoms. The molecule has 0 amide bonds. The quantitative estimate of drug-likeness (QED) is 0.874. The Morgan fingerprint density at radius 3 is 2.47 bits per heavy atom. The SMILES string of the molecule is CNS(=O)(=O)c1ccc(NC2CC3CCC2O3)cc1. The van der Waals surface area contributed by atoms with E-state index in [4.69, 9.17) is 4.74 Å². The summed E-state index contributed by atoms with van der Waals surface area (Å²) in [5.74, 6) is 0. The Morgan fingerprint density at radius 1 is 1.21 bits per heavy atom. The van der Waals surface area contributed by atoms with Crippen LogP contribution in [-0.4, -0.2) is 33.7 Å². The number of ether oxygens (including phenoxy) is 1. The van der Waals surface area contributed by atoms with Gasteiger partial charge in [0.05, 0.1) is 23.1 Å². The topological polar surface area (TPSA) is 67.4 Å². The highest BCUT2D eigenvalue weighted by molar-refractivity contribution is 7.89. The summed E-state index contributed by atoms with van der Waals surface area (Å²) >= 11 is 0. The van der Waals surface area contributed by atoms with Crippen LogP contribution in [-0.2, 0) is 14.8 Å². The van der Waals surface area contributed by atoms with Crippen molar-refractivity contribution in [2.24, 2.45) is 0 Å². The number of fused-ring (bicyclic) bond motifs is 2. The van der Waals surface area contributed by atoms with E-state index in [1.807, 2.05) is 0 Å². The average molecular weight is 282 g/mol. The van der Waals surface area contributed by atoms with E-state index in [9.17, 15) is 8.42 Å². The Kier molecular flexibility index (Phi) is 3.24. The number of anilines is 1. The van der Waals surface area contributed by atoms with Gasteiger partial charge in [0.15, 0.2) is 0 Å². The number of nitrogens with one attached hydrogen (secondary N) is 2. The molecule has 2 saturated heterocycles. The third kappa shape index (κ3) is 2.48. The molecule has 1 aromatic rings. The van der Waals surface area contributed by atoms with Crippen LogP contribution in [0.4, 0.5) is 5.69 Å². The van der Waals surface area contributed by atoms with Gasteiger partial charge < -0.3 is 10.1 Å². The molecule has 2 heterocycles. The van der Waals surface area contributed by atoms with Gasteiger partial charge in [0.1, 0.15) is 0 Å². The first kappa shape index (κ1) is 12.9. The zero-order valence-electron chi connectivity index (χ0n) is 10.8. The maximum absolute atomic E-state index is 11.6. The maximum Gasteiger partial charge on any atom is 0.240 e. The Bertz CT molecular complexity index is 556. The molecule has 0 spiro atoms. The van der Waals surface area contributed by atoms with Crippen LogP contribution in [0.5, 0.6) is 0 Å². The zero-order valence-corrected chi connectivity index (χ0v) is 11.6. The van der Waals surface area contributed by atoms with Crippen LogP contribution < -0.4 is 10.0 Å².